The van der Waals surface area contributed by atoms with Gasteiger partial charge in [0.1, 0.15) is 0 Å². The Bertz CT molecular complexity index is 508. The van der Waals surface area contributed by atoms with Gasteiger partial charge in [-0.15, -0.1) is 0 Å². The number of para-hydroxylation sites is 1. The van der Waals surface area contributed by atoms with Crippen molar-refractivity contribution in [3.63, 3.8) is 0 Å². The molecule has 0 spiro atoms. The van der Waals surface area contributed by atoms with Gasteiger partial charge in [-0.05, 0) is 19.9 Å². The summed E-state index contributed by atoms with van der Waals surface area (Å²) >= 11 is 6.12. The van der Waals surface area contributed by atoms with Crippen LogP contribution < -0.4 is 5.73 Å². The molecule has 0 saturated heterocycles. The van der Waals surface area contributed by atoms with Crippen LogP contribution in [0.2, 0.25) is 5.02 Å². The summed E-state index contributed by atoms with van der Waals surface area (Å²) < 4.78 is 1.78. The lowest BCUT2D eigenvalue weighted by atomic mass is 9.99. The van der Waals surface area contributed by atoms with Crippen LogP contribution >= 0.6 is 11.6 Å². The van der Waals surface area contributed by atoms with Gasteiger partial charge < -0.3 is 5.73 Å². The Hall–Kier alpha value is -1.06. The molecular weight excluding hydrogens is 210 g/mol. The van der Waals surface area contributed by atoms with Crippen LogP contribution in [0.15, 0.2) is 18.2 Å². The number of aryl methyl sites for hydroxylation is 1. The van der Waals surface area contributed by atoms with Crippen LogP contribution in [0, 0.1) is 0 Å². The Morgan fingerprint density at radius 3 is 2.67 bits per heavy atom. The Morgan fingerprint density at radius 2 is 2.07 bits per heavy atom. The minimum absolute atomic E-state index is 0.454. The normalized spacial score (nSPS) is 12.3. The molecule has 0 aliphatic carbocycles. The maximum absolute atomic E-state index is 6.12. The maximum Gasteiger partial charge on any atom is 0.0896 e. The van der Waals surface area contributed by atoms with E-state index >= 15 is 0 Å². The molecule has 0 bridgehead atoms. The van der Waals surface area contributed by atoms with E-state index in [1.54, 1.807) is 4.68 Å². The largest absolute Gasteiger partial charge is 0.320 e. The van der Waals surface area contributed by atoms with Crippen molar-refractivity contribution in [1.82, 2.24) is 9.78 Å². The first-order chi connectivity index (χ1) is 6.91. The first-order valence-corrected chi connectivity index (χ1v) is 5.19. The Kier molecular flexibility index (Phi) is 2.24. The van der Waals surface area contributed by atoms with Gasteiger partial charge in [-0.2, -0.15) is 5.10 Å². The summed E-state index contributed by atoms with van der Waals surface area (Å²) in [6.07, 6.45) is 0. The van der Waals surface area contributed by atoms with Gasteiger partial charge in [0.2, 0.25) is 0 Å². The lowest BCUT2D eigenvalue weighted by Crippen LogP contribution is -2.29. The number of fused-ring (bicyclic) bond motifs is 1. The molecule has 1 heterocycles. The molecule has 0 saturated carbocycles. The molecule has 0 amide bonds. The van der Waals surface area contributed by atoms with Crippen molar-refractivity contribution in [2.75, 3.05) is 0 Å². The zero-order valence-electron chi connectivity index (χ0n) is 9.08. The van der Waals surface area contributed by atoms with Crippen molar-refractivity contribution >= 4 is 22.5 Å². The van der Waals surface area contributed by atoms with Crippen LogP contribution in [-0.2, 0) is 12.6 Å². The Labute approximate surface area is 93.8 Å². The number of nitrogens with zero attached hydrogens (tertiary/aromatic N) is 2. The Balaban J connectivity index is 2.85. The predicted molar refractivity (Wildman–Crippen MR) is 62.9 cm³/mol. The van der Waals surface area contributed by atoms with Crippen molar-refractivity contribution in [1.29, 1.82) is 0 Å². The van der Waals surface area contributed by atoms with Crippen LogP contribution in [-0.4, -0.2) is 9.78 Å². The average molecular weight is 224 g/mol. The molecule has 80 valence electrons. The van der Waals surface area contributed by atoms with Gasteiger partial charge in [-0.1, -0.05) is 23.7 Å². The summed E-state index contributed by atoms with van der Waals surface area (Å²) in [5.74, 6) is 0. The molecule has 0 fully saturated rings. The van der Waals surface area contributed by atoms with Gasteiger partial charge in [0, 0.05) is 12.4 Å². The highest BCUT2D eigenvalue weighted by Crippen LogP contribution is 2.29. The fourth-order valence-corrected chi connectivity index (χ4v) is 2.06. The van der Waals surface area contributed by atoms with E-state index in [2.05, 4.69) is 5.10 Å². The number of rotatable bonds is 1. The average Bonchev–Trinajstić information content (AvgIpc) is 2.44. The highest BCUT2D eigenvalue weighted by atomic mass is 35.5. The van der Waals surface area contributed by atoms with Gasteiger partial charge in [-0.3, -0.25) is 4.68 Å². The van der Waals surface area contributed by atoms with Crippen molar-refractivity contribution in [3.8, 4) is 0 Å². The van der Waals surface area contributed by atoms with Gasteiger partial charge in [-0.25, -0.2) is 0 Å². The molecule has 1 aromatic carbocycles. The maximum atomic E-state index is 6.12. The lowest BCUT2D eigenvalue weighted by Gasteiger charge is -2.15. The Morgan fingerprint density at radius 1 is 1.40 bits per heavy atom. The van der Waals surface area contributed by atoms with Gasteiger partial charge in [0.15, 0.2) is 0 Å². The number of halogens is 1. The SMILES string of the molecule is Cn1nc(C(C)(C)N)c2cccc(Cl)c21. The predicted octanol–water partition coefficient (Wildman–Crippen LogP) is 2.42. The van der Waals surface area contributed by atoms with E-state index in [0.29, 0.717) is 5.02 Å². The number of nitrogens with two attached hydrogens (primary N) is 1. The van der Waals surface area contributed by atoms with Crippen LogP contribution in [0.3, 0.4) is 0 Å². The van der Waals surface area contributed by atoms with Crippen molar-refractivity contribution in [2.24, 2.45) is 12.8 Å². The summed E-state index contributed by atoms with van der Waals surface area (Å²) in [5.41, 5.74) is 7.43. The highest BCUT2D eigenvalue weighted by Gasteiger charge is 2.22. The fraction of sp³-hybridized carbons (Fsp3) is 0.364. The molecule has 4 heteroatoms. The molecule has 1 aromatic heterocycles. The molecule has 2 rings (SSSR count). The summed E-state index contributed by atoms with van der Waals surface area (Å²) in [5, 5.41) is 6.16. The topological polar surface area (TPSA) is 43.8 Å². The van der Waals surface area contributed by atoms with E-state index in [4.69, 9.17) is 17.3 Å². The van der Waals surface area contributed by atoms with E-state index in [1.807, 2.05) is 39.1 Å². The van der Waals surface area contributed by atoms with Crippen molar-refractivity contribution in [2.45, 2.75) is 19.4 Å². The van der Waals surface area contributed by atoms with Crippen LogP contribution in [0.1, 0.15) is 19.5 Å². The third kappa shape index (κ3) is 1.62. The summed E-state index contributed by atoms with van der Waals surface area (Å²) in [6.45, 7) is 3.88. The molecule has 0 atom stereocenters. The van der Waals surface area contributed by atoms with Gasteiger partial charge in [0.25, 0.3) is 0 Å². The molecule has 0 unspecified atom stereocenters. The van der Waals surface area contributed by atoms with Crippen LogP contribution in [0.5, 0.6) is 0 Å². The molecule has 2 N–H and O–H groups in total. The minimum atomic E-state index is -0.454. The van der Waals surface area contributed by atoms with Crippen molar-refractivity contribution < 1.29 is 0 Å². The molecule has 0 aliphatic heterocycles. The number of benzene rings is 1. The number of hydrogen-bond donors (Lipinski definition) is 1. The second-order valence-corrected chi connectivity index (χ2v) is 4.74. The van der Waals surface area contributed by atoms with E-state index in [1.165, 1.54) is 0 Å². The zero-order chi connectivity index (χ0) is 11.2. The van der Waals surface area contributed by atoms with E-state index in [0.717, 1.165) is 16.6 Å². The number of hydrogen-bond acceptors (Lipinski definition) is 2. The molecule has 0 radical (unpaired) electrons. The second kappa shape index (κ2) is 3.22. The summed E-state index contributed by atoms with van der Waals surface area (Å²) in [6, 6.07) is 5.78. The summed E-state index contributed by atoms with van der Waals surface area (Å²) in [4.78, 5) is 0. The third-order valence-corrected chi connectivity index (χ3v) is 2.73. The quantitative estimate of drug-likeness (QED) is 0.807. The third-order valence-electron chi connectivity index (χ3n) is 2.43. The zero-order valence-corrected chi connectivity index (χ0v) is 9.84. The molecule has 0 aliphatic rings. The molecule has 2 aromatic rings. The lowest BCUT2D eigenvalue weighted by molar-refractivity contribution is 0.527. The number of aromatic nitrogens is 2. The standard InChI is InChI=1S/C11H14ClN3/c1-11(2,13)10-7-5-4-6-8(12)9(7)15(3)14-10/h4-6H,13H2,1-3H3. The van der Waals surface area contributed by atoms with Crippen LogP contribution in [0.25, 0.3) is 10.9 Å². The molecular formula is C11H14ClN3. The first kappa shape index (κ1) is 10.5. The minimum Gasteiger partial charge on any atom is -0.320 e. The second-order valence-electron chi connectivity index (χ2n) is 4.33. The highest BCUT2D eigenvalue weighted by molar-refractivity contribution is 6.35. The van der Waals surface area contributed by atoms with E-state index in [-0.39, 0.29) is 0 Å². The van der Waals surface area contributed by atoms with Gasteiger partial charge >= 0.3 is 0 Å². The van der Waals surface area contributed by atoms with Crippen LogP contribution in [0.4, 0.5) is 0 Å². The monoisotopic (exact) mass is 223 g/mol. The first-order valence-electron chi connectivity index (χ1n) is 4.82. The van der Waals surface area contributed by atoms with E-state index in [9.17, 15) is 0 Å². The van der Waals surface area contributed by atoms with E-state index < -0.39 is 5.54 Å². The summed E-state index contributed by atoms with van der Waals surface area (Å²) in [7, 11) is 1.88. The van der Waals surface area contributed by atoms with Crippen molar-refractivity contribution in [3.05, 3.63) is 28.9 Å². The molecule has 3 nitrogen and oxygen atoms in total. The smallest absolute Gasteiger partial charge is 0.0896 e. The van der Waals surface area contributed by atoms with Gasteiger partial charge in [0.05, 0.1) is 21.8 Å². The fourth-order valence-electron chi connectivity index (χ4n) is 1.77. The molecule has 15 heavy (non-hydrogen) atoms.